The molecule has 130 valence electrons. The summed E-state index contributed by atoms with van der Waals surface area (Å²) in [4.78, 5) is 25.9. The first kappa shape index (κ1) is 16.6. The lowest BCUT2D eigenvalue weighted by Gasteiger charge is -2.17. The fourth-order valence-electron chi connectivity index (χ4n) is 2.87. The number of amides is 2. The van der Waals surface area contributed by atoms with Crippen LogP contribution in [-0.4, -0.2) is 42.5 Å². The Labute approximate surface area is 142 Å². The highest BCUT2D eigenvalue weighted by molar-refractivity contribution is 6.06. The molecule has 1 fully saturated rings. The molecule has 1 unspecified atom stereocenters. The topological polar surface area (TPSA) is 67.9 Å². The van der Waals surface area contributed by atoms with Gasteiger partial charge in [0.2, 0.25) is 5.91 Å². The minimum Gasteiger partial charge on any atom is -0.490 e. The largest absolute Gasteiger partial charge is 0.490 e. The number of rotatable bonds is 5. The monoisotopic (exact) mass is 332 g/mol. The molecule has 0 aromatic heterocycles. The molecule has 3 rings (SSSR count). The third-order valence-corrected chi connectivity index (χ3v) is 4.26. The maximum Gasteiger partial charge on any atom is 0.252 e. The molecule has 0 saturated carbocycles. The van der Waals surface area contributed by atoms with E-state index < -0.39 is 6.04 Å². The zero-order valence-electron chi connectivity index (χ0n) is 14.2. The molecule has 6 heteroatoms. The fourth-order valence-corrected chi connectivity index (χ4v) is 2.87. The van der Waals surface area contributed by atoms with Gasteiger partial charge in [0.25, 0.3) is 5.91 Å². The molecule has 2 heterocycles. The van der Waals surface area contributed by atoms with E-state index in [1.165, 1.54) is 4.90 Å². The Hall–Kier alpha value is -2.24. The van der Waals surface area contributed by atoms with E-state index >= 15 is 0 Å². The second-order valence-corrected chi connectivity index (χ2v) is 6.68. The fraction of sp³-hybridized carbons (Fsp3) is 0.556. The standard InChI is InChI=1S/C18H24N2O4/c1-12(2)6-7-20-17(21)11-14(18(20)22)19-13-4-5-15-16(10-13)24-9-3-8-23-15/h4-5,10,12,14,19H,3,6-9,11H2,1-2H3. The van der Waals surface area contributed by atoms with Crippen molar-refractivity contribution < 1.29 is 19.1 Å². The first-order valence-electron chi connectivity index (χ1n) is 8.55. The molecule has 2 amide bonds. The van der Waals surface area contributed by atoms with Crippen molar-refractivity contribution in [3.05, 3.63) is 18.2 Å². The van der Waals surface area contributed by atoms with Crippen LogP contribution in [0.4, 0.5) is 5.69 Å². The molecule has 1 N–H and O–H groups in total. The van der Waals surface area contributed by atoms with Crippen LogP contribution in [0.15, 0.2) is 18.2 Å². The van der Waals surface area contributed by atoms with Crippen molar-refractivity contribution in [3.63, 3.8) is 0 Å². The number of ether oxygens (including phenoxy) is 2. The lowest BCUT2D eigenvalue weighted by atomic mass is 10.1. The Bertz CT molecular complexity index is 629. The van der Waals surface area contributed by atoms with Crippen LogP contribution in [0.25, 0.3) is 0 Å². The summed E-state index contributed by atoms with van der Waals surface area (Å²) in [6.45, 7) is 5.91. The maximum absolute atomic E-state index is 12.5. The van der Waals surface area contributed by atoms with E-state index in [1.807, 2.05) is 18.2 Å². The van der Waals surface area contributed by atoms with Gasteiger partial charge in [0.1, 0.15) is 6.04 Å². The Morgan fingerprint density at radius 3 is 2.71 bits per heavy atom. The van der Waals surface area contributed by atoms with Crippen molar-refractivity contribution in [1.82, 2.24) is 4.90 Å². The Morgan fingerprint density at radius 2 is 1.96 bits per heavy atom. The van der Waals surface area contributed by atoms with Gasteiger partial charge >= 0.3 is 0 Å². The van der Waals surface area contributed by atoms with E-state index in [0.29, 0.717) is 37.2 Å². The van der Waals surface area contributed by atoms with Crippen molar-refractivity contribution in [2.24, 2.45) is 5.92 Å². The molecule has 1 aromatic rings. The molecular weight excluding hydrogens is 308 g/mol. The van der Waals surface area contributed by atoms with Crippen molar-refractivity contribution in [1.29, 1.82) is 0 Å². The Balaban J connectivity index is 1.67. The van der Waals surface area contributed by atoms with E-state index in [2.05, 4.69) is 19.2 Å². The van der Waals surface area contributed by atoms with Gasteiger partial charge < -0.3 is 14.8 Å². The van der Waals surface area contributed by atoms with Crippen LogP contribution < -0.4 is 14.8 Å². The van der Waals surface area contributed by atoms with Crippen molar-refractivity contribution in [3.8, 4) is 11.5 Å². The van der Waals surface area contributed by atoms with Gasteiger partial charge in [-0.05, 0) is 24.5 Å². The number of benzene rings is 1. The quantitative estimate of drug-likeness (QED) is 0.839. The highest BCUT2D eigenvalue weighted by atomic mass is 16.5. The predicted octanol–water partition coefficient (Wildman–Crippen LogP) is 2.43. The lowest BCUT2D eigenvalue weighted by Crippen LogP contribution is -2.35. The first-order chi connectivity index (χ1) is 11.5. The van der Waals surface area contributed by atoms with Gasteiger partial charge in [0.15, 0.2) is 11.5 Å². The van der Waals surface area contributed by atoms with Crippen LogP contribution in [0.3, 0.4) is 0 Å². The molecule has 0 radical (unpaired) electrons. The second-order valence-electron chi connectivity index (χ2n) is 6.68. The molecule has 1 atom stereocenters. The summed E-state index contributed by atoms with van der Waals surface area (Å²) in [5.41, 5.74) is 0.760. The zero-order valence-corrected chi connectivity index (χ0v) is 14.2. The lowest BCUT2D eigenvalue weighted by molar-refractivity contribution is -0.138. The van der Waals surface area contributed by atoms with Gasteiger partial charge in [-0.15, -0.1) is 0 Å². The van der Waals surface area contributed by atoms with Gasteiger partial charge in [-0.1, -0.05) is 13.8 Å². The van der Waals surface area contributed by atoms with Gasteiger partial charge in [-0.3, -0.25) is 14.5 Å². The summed E-state index contributed by atoms with van der Waals surface area (Å²) in [5.74, 6) is 1.59. The Morgan fingerprint density at radius 1 is 1.21 bits per heavy atom. The summed E-state index contributed by atoms with van der Waals surface area (Å²) in [6.07, 6.45) is 1.87. The van der Waals surface area contributed by atoms with Gasteiger partial charge in [-0.25, -0.2) is 0 Å². The number of carbonyl (C=O) groups is 2. The number of fused-ring (bicyclic) bond motifs is 1. The average molecular weight is 332 g/mol. The summed E-state index contributed by atoms with van der Waals surface area (Å²) in [7, 11) is 0. The molecule has 2 aliphatic heterocycles. The maximum atomic E-state index is 12.5. The number of nitrogens with one attached hydrogen (secondary N) is 1. The van der Waals surface area contributed by atoms with Crippen molar-refractivity contribution >= 4 is 17.5 Å². The molecule has 2 aliphatic rings. The summed E-state index contributed by atoms with van der Waals surface area (Å²) in [6, 6.07) is 5.01. The highest BCUT2D eigenvalue weighted by Crippen LogP contribution is 2.33. The third-order valence-electron chi connectivity index (χ3n) is 4.26. The molecule has 6 nitrogen and oxygen atoms in total. The van der Waals surface area contributed by atoms with Gasteiger partial charge in [0, 0.05) is 24.7 Å². The molecule has 0 bridgehead atoms. The highest BCUT2D eigenvalue weighted by Gasteiger charge is 2.38. The van der Waals surface area contributed by atoms with Gasteiger partial charge in [0.05, 0.1) is 19.6 Å². The van der Waals surface area contributed by atoms with Crippen LogP contribution in [0.5, 0.6) is 11.5 Å². The van der Waals surface area contributed by atoms with E-state index in [-0.39, 0.29) is 18.2 Å². The van der Waals surface area contributed by atoms with E-state index in [4.69, 9.17) is 9.47 Å². The Kier molecular flexibility index (Phi) is 4.92. The summed E-state index contributed by atoms with van der Waals surface area (Å²) < 4.78 is 11.3. The van der Waals surface area contributed by atoms with Crippen LogP contribution in [0, 0.1) is 5.92 Å². The molecular formula is C18H24N2O4. The second kappa shape index (κ2) is 7.11. The predicted molar refractivity (Wildman–Crippen MR) is 90.3 cm³/mol. The summed E-state index contributed by atoms with van der Waals surface area (Å²) >= 11 is 0. The third kappa shape index (κ3) is 3.63. The van der Waals surface area contributed by atoms with Crippen LogP contribution in [0.2, 0.25) is 0 Å². The van der Waals surface area contributed by atoms with E-state index in [0.717, 1.165) is 18.5 Å². The first-order valence-corrected chi connectivity index (χ1v) is 8.55. The number of hydrogen-bond donors (Lipinski definition) is 1. The molecule has 0 aliphatic carbocycles. The zero-order chi connectivity index (χ0) is 17.1. The molecule has 1 aromatic carbocycles. The van der Waals surface area contributed by atoms with Crippen LogP contribution >= 0.6 is 0 Å². The average Bonchev–Trinajstić information content (AvgIpc) is 2.71. The van der Waals surface area contributed by atoms with Crippen molar-refractivity contribution in [2.75, 3.05) is 25.1 Å². The van der Waals surface area contributed by atoms with Crippen LogP contribution in [-0.2, 0) is 9.59 Å². The van der Waals surface area contributed by atoms with E-state index in [1.54, 1.807) is 0 Å². The minimum absolute atomic E-state index is 0.104. The number of nitrogens with zero attached hydrogens (tertiary/aromatic N) is 1. The number of carbonyl (C=O) groups excluding carboxylic acids is 2. The SMILES string of the molecule is CC(C)CCN1C(=O)CC(Nc2ccc3c(c2)OCCCO3)C1=O. The van der Waals surface area contributed by atoms with Gasteiger partial charge in [-0.2, -0.15) is 0 Å². The number of hydrogen-bond acceptors (Lipinski definition) is 5. The van der Waals surface area contributed by atoms with Crippen LogP contribution in [0.1, 0.15) is 33.1 Å². The van der Waals surface area contributed by atoms with Crippen molar-refractivity contribution in [2.45, 2.75) is 39.2 Å². The smallest absolute Gasteiger partial charge is 0.252 e. The normalized spacial score (nSPS) is 20.5. The van der Waals surface area contributed by atoms with E-state index in [9.17, 15) is 9.59 Å². The summed E-state index contributed by atoms with van der Waals surface area (Å²) in [5, 5.41) is 3.16. The molecule has 1 saturated heterocycles. The minimum atomic E-state index is -0.505. The number of anilines is 1. The molecule has 0 spiro atoms. The number of likely N-dealkylation sites (tertiary alicyclic amines) is 1. The molecule has 24 heavy (non-hydrogen) atoms. The number of imide groups is 1.